The number of nitrogens with one attached hydrogen (secondary N) is 1. The molecule has 0 aromatic heterocycles. The highest BCUT2D eigenvalue weighted by Gasteiger charge is 2.29. The summed E-state index contributed by atoms with van der Waals surface area (Å²) in [5.74, 6) is 0. The van der Waals surface area contributed by atoms with Gasteiger partial charge in [0.05, 0.1) is 6.04 Å². The molecule has 0 spiro atoms. The van der Waals surface area contributed by atoms with E-state index in [4.69, 9.17) is 0 Å². The number of benzene rings is 1. The molecule has 0 radical (unpaired) electrons. The van der Waals surface area contributed by atoms with Gasteiger partial charge < -0.3 is 10.2 Å². The van der Waals surface area contributed by atoms with Crippen LogP contribution < -0.4 is 5.32 Å². The lowest BCUT2D eigenvalue weighted by Crippen LogP contribution is -2.38. The number of rotatable bonds is 3. The van der Waals surface area contributed by atoms with Crippen LogP contribution in [0.2, 0.25) is 0 Å². The van der Waals surface area contributed by atoms with Gasteiger partial charge in [-0.1, -0.05) is 17.7 Å². The SMILES string of the molecule is Cc1cc(C)c(C(C2CCCN2)N(C)C)c(C)c1. The Morgan fingerprint density at radius 2 is 1.78 bits per heavy atom. The van der Waals surface area contributed by atoms with Gasteiger partial charge in [0.15, 0.2) is 0 Å². The highest BCUT2D eigenvalue weighted by Crippen LogP contribution is 2.32. The molecule has 2 heteroatoms. The Kier molecular flexibility index (Phi) is 4.08. The second-order valence-corrected chi connectivity index (χ2v) is 5.92. The number of nitrogens with zero attached hydrogens (tertiary/aromatic N) is 1. The molecular weight excluding hydrogens is 220 g/mol. The highest BCUT2D eigenvalue weighted by molar-refractivity contribution is 5.40. The van der Waals surface area contributed by atoms with Crippen molar-refractivity contribution in [2.75, 3.05) is 20.6 Å². The first-order valence-corrected chi connectivity index (χ1v) is 6.98. The summed E-state index contributed by atoms with van der Waals surface area (Å²) in [5, 5.41) is 3.66. The third-order valence-electron chi connectivity index (χ3n) is 4.07. The molecule has 2 unspecified atom stereocenters. The lowest BCUT2D eigenvalue weighted by atomic mass is 9.89. The van der Waals surface area contributed by atoms with Gasteiger partial charge in [0.1, 0.15) is 0 Å². The average molecular weight is 246 g/mol. The van der Waals surface area contributed by atoms with Gasteiger partial charge in [-0.05, 0) is 70.9 Å². The predicted octanol–water partition coefficient (Wildman–Crippen LogP) is 2.97. The average Bonchev–Trinajstić information content (AvgIpc) is 2.75. The van der Waals surface area contributed by atoms with Crippen molar-refractivity contribution in [3.8, 4) is 0 Å². The molecule has 1 fully saturated rings. The van der Waals surface area contributed by atoms with Gasteiger partial charge in [0.25, 0.3) is 0 Å². The van der Waals surface area contributed by atoms with Crippen LogP contribution in [0.4, 0.5) is 0 Å². The van der Waals surface area contributed by atoms with E-state index >= 15 is 0 Å². The maximum Gasteiger partial charge on any atom is 0.0501 e. The fourth-order valence-corrected chi connectivity index (χ4v) is 3.46. The van der Waals surface area contributed by atoms with Crippen LogP contribution in [0.15, 0.2) is 12.1 Å². The zero-order chi connectivity index (χ0) is 13.3. The predicted molar refractivity (Wildman–Crippen MR) is 78.1 cm³/mol. The Morgan fingerprint density at radius 1 is 1.17 bits per heavy atom. The van der Waals surface area contributed by atoms with Crippen LogP contribution in [-0.2, 0) is 0 Å². The van der Waals surface area contributed by atoms with Crippen molar-refractivity contribution >= 4 is 0 Å². The van der Waals surface area contributed by atoms with Crippen molar-refractivity contribution in [1.82, 2.24) is 10.2 Å². The fourth-order valence-electron chi connectivity index (χ4n) is 3.46. The molecule has 0 bridgehead atoms. The summed E-state index contributed by atoms with van der Waals surface area (Å²) in [6.07, 6.45) is 2.59. The summed E-state index contributed by atoms with van der Waals surface area (Å²) >= 11 is 0. The normalized spacial score (nSPS) is 21.6. The van der Waals surface area contributed by atoms with E-state index in [-0.39, 0.29) is 0 Å². The minimum absolute atomic E-state index is 0.494. The summed E-state index contributed by atoms with van der Waals surface area (Å²) in [6, 6.07) is 5.72. The third kappa shape index (κ3) is 2.60. The summed E-state index contributed by atoms with van der Waals surface area (Å²) in [7, 11) is 4.40. The minimum Gasteiger partial charge on any atom is -0.312 e. The molecule has 1 N–H and O–H groups in total. The van der Waals surface area contributed by atoms with Gasteiger partial charge in [-0.3, -0.25) is 0 Å². The van der Waals surface area contributed by atoms with Crippen molar-refractivity contribution in [3.63, 3.8) is 0 Å². The Bertz CT molecular complexity index is 394. The monoisotopic (exact) mass is 246 g/mol. The van der Waals surface area contributed by atoms with Crippen molar-refractivity contribution in [1.29, 1.82) is 0 Å². The second-order valence-electron chi connectivity index (χ2n) is 5.92. The van der Waals surface area contributed by atoms with Gasteiger partial charge in [-0.2, -0.15) is 0 Å². The van der Waals surface area contributed by atoms with Crippen molar-refractivity contribution < 1.29 is 0 Å². The van der Waals surface area contributed by atoms with E-state index in [1.807, 2.05) is 0 Å². The van der Waals surface area contributed by atoms with Crippen molar-refractivity contribution in [2.45, 2.75) is 45.7 Å². The van der Waals surface area contributed by atoms with E-state index in [0.717, 1.165) is 0 Å². The number of likely N-dealkylation sites (N-methyl/N-ethyl adjacent to an activating group) is 1. The Labute approximate surface area is 111 Å². The Hall–Kier alpha value is -0.860. The standard InChI is InChI=1S/C16H26N2/c1-11-9-12(2)15(13(3)10-11)16(18(4)5)14-7-6-8-17-14/h9-10,14,16-17H,6-8H2,1-5H3. The van der Waals surface area contributed by atoms with Crippen LogP contribution in [0.1, 0.15) is 41.1 Å². The van der Waals surface area contributed by atoms with Crippen molar-refractivity contribution in [2.24, 2.45) is 0 Å². The summed E-state index contributed by atoms with van der Waals surface area (Å²) in [5.41, 5.74) is 5.75. The van der Waals surface area contributed by atoms with Gasteiger partial charge in [-0.15, -0.1) is 0 Å². The molecule has 0 amide bonds. The molecule has 2 rings (SSSR count). The molecule has 0 saturated carbocycles. The van der Waals surface area contributed by atoms with Crippen LogP contribution >= 0.6 is 0 Å². The van der Waals surface area contributed by atoms with Gasteiger partial charge in [0, 0.05) is 6.04 Å². The van der Waals surface area contributed by atoms with Crippen LogP contribution in [0.3, 0.4) is 0 Å². The third-order valence-corrected chi connectivity index (χ3v) is 4.07. The smallest absolute Gasteiger partial charge is 0.0501 e. The quantitative estimate of drug-likeness (QED) is 0.882. The van der Waals surface area contributed by atoms with Crippen LogP contribution in [0.5, 0.6) is 0 Å². The van der Waals surface area contributed by atoms with Gasteiger partial charge >= 0.3 is 0 Å². The number of hydrogen-bond donors (Lipinski definition) is 1. The lowest BCUT2D eigenvalue weighted by Gasteiger charge is -2.33. The largest absolute Gasteiger partial charge is 0.312 e. The topological polar surface area (TPSA) is 15.3 Å². The maximum atomic E-state index is 3.66. The molecule has 1 heterocycles. The Morgan fingerprint density at radius 3 is 2.22 bits per heavy atom. The van der Waals surface area contributed by atoms with E-state index in [1.165, 1.54) is 41.6 Å². The molecule has 1 aromatic rings. The zero-order valence-electron chi connectivity index (χ0n) is 12.4. The summed E-state index contributed by atoms with van der Waals surface area (Å²) in [6.45, 7) is 7.85. The Balaban J connectivity index is 2.42. The molecule has 2 atom stereocenters. The number of hydrogen-bond acceptors (Lipinski definition) is 2. The molecule has 2 nitrogen and oxygen atoms in total. The molecule has 18 heavy (non-hydrogen) atoms. The van der Waals surface area contributed by atoms with E-state index in [2.05, 4.69) is 57.2 Å². The van der Waals surface area contributed by atoms with Crippen LogP contribution in [0, 0.1) is 20.8 Å². The second kappa shape index (κ2) is 5.41. The van der Waals surface area contributed by atoms with Crippen LogP contribution in [0.25, 0.3) is 0 Å². The first-order valence-electron chi connectivity index (χ1n) is 6.98. The first kappa shape index (κ1) is 13.6. The summed E-state index contributed by atoms with van der Waals surface area (Å²) in [4.78, 5) is 2.37. The molecule has 1 saturated heterocycles. The van der Waals surface area contributed by atoms with E-state index in [0.29, 0.717) is 12.1 Å². The van der Waals surface area contributed by atoms with Gasteiger partial charge in [-0.25, -0.2) is 0 Å². The van der Waals surface area contributed by atoms with E-state index in [1.54, 1.807) is 0 Å². The summed E-state index contributed by atoms with van der Waals surface area (Å²) < 4.78 is 0. The fraction of sp³-hybridized carbons (Fsp3) is 0.625. The first-order chi connectivity index (χ1) is 8.50. The molecule has 0 aliphatic carbocycles. The van der Waals surface area contributed by atoms with Crippen molar-refractivity contribution in [3.05, 3.63) is 34.4 Å². The molecule has 1 aliphatic rings. The van der Waals surface area contributed by atoms with E-state index in [9.17, 15) is 0 Å². The minimum atomic E-state index is 0.494. The van der Waals surface area contributed by atoms with Gasteiger partial charge in [0.2, 0.25) is 0 Å². The number of aryl methyl sites for hydroxylation is 3. The van der Waals surface area contributed by atoms with Crippen LogP contribution in [-0.4, -0.2) is 31.6 Å². The van der Waals surface area contributed by atoms with E-state index < -0.39 is 0 Å². The molecule has 1 aromatic carbocycles. The lowest BCUT2D eigenvalue weighted by molar-refractivity contribution is 0.242. The zero-order valence-corrected chi connectivity index (χ0v) is 12.4. The molecule has 100 valence electrons. The maximum absolute atomic E-state index is 3.66. The molecule has 1 aliphatic heterocycles. The highest BCUT2D eigenvalue weighted by atomic mass is 15.1. The molecular formula is C16H26N2.